The Bertz CT molecular complexity index is 613. The Morgan fingerprint density at radius 2 is 2.09 bits per heavy atom. The van der Waals surface area contributed by atoms with Crippen molar-refractivity contribution in [1.82, 2.24) is 5.32 Å². The molecular weight excluding hydrogens is 302 g/mol. The summed E-state index contributed by atoms with van der Waals surface area (Å²) in [4.78, 5) is 23.1. The average molecular weight is 322 g/mol. The van der Waals surface area contributed by atoms with Gasteiger partial charge in [0.2, 0.25) is 5.91 Å². The van der Waals surface area contributed by atoms with Gasteiger partial charge in [-0.05, 0) is 50.8 Å². The maximum absolute atomic E-state index is 12.0. The molecule has 1 aromatic rings. The number of primary amides is 1. The lowest BCUT2D eigenvalue weighted by molar-refractivity contribution is 0.100. The molecular formula is C16H20ClN3O2. The van der Waals surface area contributed by atoms with E-state index in [-0.39, 0.29) is 22.7 Å². The number of carbonyl (C=O) groups is 2. The zero-order valence-corrected chi connectivity index (χ0v) is 13.2. The van der Waals surface area contributed by atoms with Crippen molar-refractivity contribution in [2.45, 2.75) is 38.6 Å². The molecule has 0 heterocycles. The summed E-state index contributed by atoms with van der Waals surface area (Å²) in [6.07, 6.45) is 6.69. The molecule has 0 saturated carbocycles. The predicted octanol–water partition coefficient (Wildman–Crippen LogP) is 3.45. The van der Waals surface area contributed by atoms with Crippen LogP contribution in [0.25, 0.3) is 0 Å². The zero-order valence-electron chi connectivity index (χ0n) is 12.5. The highest BCUT2D eigenvalue weighted by atomic mass is 35.5. The Hall–Kier alpha value is -2.01. The van der Waals surface area contributed by atoms with Crippen LogP contribution in [0, 0.1) is 0 Å². The number of nitrogens with two attached hydrogens (primary N) is 1. The maximum Gasteiger partial charge on any atom is 0.319 e. The van der Waals surface area contributed by atoms with Gasteiger partial charge in [0.25, 0.3) is 0 Å². The molecule has 22 heavy (non-hydrogen) atoms. The van der Waals surface area contributed by atoms with Crippen LogP contribution in [0.5, 0.6) is 0 Å². The molecule has 1 aromatic carbocycles. The van der Waals surface area contributed by atoms with Crippen molar-refractivity contribution in [1.29, 1.82) is 0 Å². The third-order valence-corrected chi connectivity index (χ3v) is 4.04. The minimum absolute atomic E-state index is 0.000615. The van der Waals surface area contributed by atoms with Crippen molar-refractivity contribution >= 4 is 29.2 Å². The van der Waals surface area contributed by atoms with E-state index in [2.05, 4.69) is 16.7 Å². The second-order valence-electron chi connectivity index (χ2n) is 5.40. The van der Waals surface area contributed by atoms with Crippen LogP contribution < -0.4 is 16.4 Å². The first-order valence-electron chi connectivity index (χ1n) is 7.33. The molecule has 6 heteroatoms. The second kappa shape index (κ2) is 7.31. The summed E-state index contributed by atoms with van der Waals surface area (Å²) in [5.74, 6) is -0.598. The quantitative estimate of drug-likeness (QED) is 0.742. The number of carbonyl (C=O) groups excluding carboxylic acids is 2. The van der Waals surface area contributed by atoms with Crippen LogP contribution in [0.2, 0.25) is 5.02 Å². The third kappa shape index (κ3) is 4.24. The normalized spacial score (nSPS) is 15.6. The van der Waals surface area contributed by atoms with E-state index in [1.54, 1.807) is 6.07 Å². The smallest absolute Gasteiger partial charge is 0.319 e. The summed E-state index contributed by atoms with van der Waals surface area (Å²) in [5.41, 5.74) is 7.19. The van der Waals surface area contributed by atoms with E-state index >= 15 is 0 Å². The zero-order chi connectivity index (χ0) is 16.1. The molecule has 5 nitrogen and oxygen atoms in total. The van der Waals surface area contributed by atoms with Crippen molar-refractivity contribution in [3.8, 4) is 0 Å². The van der Waals surface area contributed by atoms with E-state index in [0.717, 1.165) is 12.8 Å². The number of nitrogens with one attached hydrogen (secondary N) is 2. The van der Waals surface area contributed by atoms with Gasteiger partial charge in [0.05, 0.1) is 10.6 Å². The minimum atomic E-state index is -0.598. The van der Waals surface area contributed by atoms with Gasteiger partial charge in [0, 0.05) is 11.7 Å². The molecule has 0 saturated heterocycles. The summed E-state index contributed by atoms with van der Waals surface area (Å²) in [5, 5.41) is 5.82. The molecule has 2 rings (SSSR count). The number of halogens is 1. The van der Waals surface area contributed by atoms with E-state index in [1.807, 2.05) is 6.92 Å². The molecule has 118 valence electrons. The standard InChI is InChI=1S/C16H20ClN3O2/c1-10(11-5-3-2-4-6-11)19-16(22)20-12-7-8-13(15(18)21)14(17)9-12/h5,7-10H,2-4,6H2,1H3,(H2,18,21)(H2,19,20,22)/t10-/m1/s1. The van der Waals surface area contributed by atoms with Crippen LogP contribution in [0.4, 0.5) is 10.5 Å². The number of benzene rings is 1. The summed E-state index contributed by atoms with van der Waals surface area (Å²) in [6.45, 7) is 1.97. The summed E-state index contributed by atoms with van der Waals surface area (Å²) in [6, 6.07) is 4.29. The van der Waals surface area contributed by atoms with Gasteiger partial charge >= 0.3 is 6.03 Å². The minimum Gasteiger partial charge on any atom is -0.366 e. The Labute approximate surface area is 134 Å². The fourth-order valence-corrected chi connectivity index (χ4v) is 2.78. The summed E-state index contributed by atoms with van der Waals surface area (Å²) >= 11 is 5.95. The molecule has 0 fully saturated rings. The number of hydrogen-bond acceptors (Lipinski definition) is 2. The maximum atomic E-state index is 12.0. The molecule has 3 amide bonds. The van der Waals surface area contributed by atoms with Crippen LogP contribution in [0.15, 0.2) is 29.8 Å². The number of urea groups is 1. The van der Waals surface area contributed by atoms with E-state index in [0.29, 0.717) is 5.69 Å². The first kappa shape index (κ1) is 16.4. The van der Waals surface area contributed by atoms with Gasteiger partial charge in [-0.15, -0.1) is 0 Å². The van der Waals surface area contributed by atoms with Gasteiger partial charge in [0.15, 0.2) is 0 Å². The number of hydrogen-bond donors (Lipinski definition) is 3. The van der Waals surface area contributed by atoms with Crippen molar-refractivity contribution in [3.63, 3.8) is 0 Å². The van der Waals surface area contributed by atoms with Crippen LogP contribution in [-0.4, -0.2) is 18.0 Å². The lowest BCUT2D eigenvalue weighted by atomic mass is 9.95. The van der Waals surface area contributed by atoms with E-state index < -0.39 is 5.91 Å². The number of allylic oxidation sites excluding steroid dienone is 1. The van der Waals surface area contributed by atoms with Crippen molar-refractivity contribution in [3.05, 3.63) is 40.4 Å². The van der Waals surface area contributed by atoms with E-state index in [1.165, 1.54) is 30.5 Å². The van der Waals surface area contributed by atoms with Crippen molar-refractivity contribution in [2.75, 3.05) is 5.32 Å². The highest BCUT2D eigenvalue weighted by Gasteiger charge is 2.14. The first-order valence-corrected chi connectivity index (χ1v) is 7.71. The van der Waals surface area contributed by atoms with Gasteiger partial charge in [-0.25, -0.2) is 4.79 Å². The SMILES string of the molecule is C[C@@H](NC(=O)Nc1ccc(C(N)=O)c(Cl)c1)C1=CCCCC1. The van der Waals surface area contributed by atoms with Crippen LogP contribution in [0.1, 0.15) is 43.0 Å². The monoisotopic (exact) mass is 321 g/mol. The topological polar surface area (TPSA) is 84.2 Å². The molecule has 4 N–H and O–H groups in total. The average Bonchev–Trinajstić information content (AvgIpc) is 2.47. The van der Waals surface area contributed by atoms with Gasteiger partial charge in [0.1, 0.15) is 0 Å². The summed E-state index contributed by atoms with van der Waals surface area (Å²) < 4.78 is 0. The first-order chi connectivity index (χ1) is 10.5. The highest BCUT2D eigenvalue weighted by Crippen LogP contribution is 2.22. The second-order valence-corrected chi connectivity index (χ2v) is 5.81. The Kier molecular flexibility index (Phi) is 5.44. The molecule has 0 spiro atoms. The Morgan fingerprint density at radius 1 is 1.32 bits per heavy atom. The molecule has 0 aromatic heterocycles. The van der Waals surface area contributed by atoms with Crippen LogP contribution in [-0.2, 0) is 0 Å². The molecule has 1 aliphatic rings. The fraction of sp³-hybridized carbons (Fsp3) is 0.375. The van der Waals surface area contributed by atoms with Gasteiger partial charge in [-0.3, -0.25) is 4.79 Å². The van der Waals surface area contributed by atoms with Crippen LogP contribution >= 0.6 is 11.6 Å². The van der Waals surface area contributed by atoms with Crippen molar-refractivity contribution < 1.29 is 9.59 Å². The molecule has 0 bridgehead atoms. The molecule has 0 aliphatic heterocycles. The molecule has 1 atom stereocenters. The Morgan fingerprint density at radius 3 is 2.68 bits per heavy atom. The van der Waals surface area contributed by atoms with Gasteiger partial charge in [-0.2, -0.15) is 0 Å². The molecule has 0 unspecified atom stereocenters. The number of amides is 3. The molecule has 1 aliphatic carbocycles. The van der Waals surface area contributed by atoms with Crippen LogP contribution in [0.3, 0.4) is 0 Å². The lowest BCUT2D eigenvalue weighted by Gasteiger charge is -2.21. The third-order valence-electron chi connectivity index (χ3n) is 3.72. The lowest BCUT2D eigenvalue weighted by Crippen LogP contribution is -2.37. The largest absolute Gasteiger partial charge is 0.366 e. The number of rotatable bonds is 4. The fourth-order valence-electron chi connectivity index (χ4n) is 2.51. The van der Waals surface area contributed by atoms with E-state index in [9.17, 15) is 9.59 Å². The van der Waals surface area contributed by atoms with Gasteiger partial charge < -0.3 is 16.4 Å². The van der Waals surface area contributed by atoms with Crippen molar-refractivity contribution in [2.24, 2.45) is 5.73 Å². The highest BCUT2D eigenvalue weighted by molar-refractivity contribution is 6.34. The Balaban J connectivity index is 1.95. The van der Waals surface area contributed by atoms with Gasteiger partial charge in [-0.1, -0.05) is 23.3 Å². The number of anilines is 1. The summed E-state index contributed by atoms with van der Waals surface area (Å²) in [7, 11) is 0. The predicted molar refractivity (Wildman–Crippen MR) is 88.1 cm³/mol. The van der Waals surface area contributed by atoms with E-state index in [4.69, 9.17) is 17.3 Å². The molecule has 0 radical (unpaired) electrons.